The molecule has 0 spiro atoms. The van der Waals surface area contributed by atoms with Crippen molar-refractivity contribution in [2.24, 2.45) is 0 Å². The van der Waals surface area contributed by atoms with Crippen molar-refractivity contribution in [1.82, 2.24) is 20.4 Å². The van der Waals surface area contributed by atoms with Gasteiger partial charge in [-0.2, -0.15) is 0 Å². The largest absolute Gasteiger partial charge is 0.213 e. The van der Waals surface area contributed by atoms with Gasteiger partial charge in [0.15, 0.2) is 5.82 Å². The first-order valence-corrected chi connectivity index (χ1v) is 4.88. The van der Waals surface area contributed by atoms with Crippen LogP contribution in [0, 0.1) is 0 Å². The maximum atomic E-state index is 3.98. The summed E-state index contributed by atoms with van der Waals surface area (Å²) in [6.07, 6.45) is 0.769. The summed E-state index contributed by atoms with van der Waals surface area (Å²) >= 11 is 1.58. The van der Waals surface area contributed by atoms with Crippen LogP contribution < -0.4 is 0 Å². The first-order valence-electron chi connectivity index (χ1n) is 4.00. The summed E-state index contributed by atoms with van der Waals surface area (Å²) in [7, 11) is 0. The van der Waals surface area contributed by atoms with Crippen LogP contribution in [0.15, 0.2) is 17.5 Å². The van der Waals surface area contributed by atoms with E-state index in [0.29, 0.717) is 11.6 Å². The summed E-state index contributed by atoms with van der Waals surface area (Å²) in [5.74, 6) is 1.28. The zero-order valence-corrected chi connectivity index (χ0v) is 7.95. The van der Waals surface area contributed by atoms with Gasteiger partial charge in [0.1, 0.15) is 0 Å². The molecule has 2 aromatic heterocycles. The highest BCUT2D eigenvalue weighted by Crippen LogP contribution is 2.18. The number of hydrogen-bond donors (Lipinski definition) is 0. The number of rotatable bonds is 2. The number of hydrogen-bond acceptors (Lipinski definition) is 5. The van der Waals surface area contributed by atoms with Crippen molar-refractivity contribution in [2.75, 3.05) is 0 Å². The fraction of sp³-hybridized carbons (Fsp3) is 0.250. The number of aromatic nitrogens is 4. The van der Waals surface area contributed by atoms with Crippen LogP contribution in [-0.4, -0.2) is 20.4 Å². The van der Waals surface area contributed by atoms with Crippen molar-refractivity contribution in [3.8, 4) is 10.7 Å². The molecule has 0 aliphatic rings. The lowest BCUT2D eigenvalue weighted by atomic mass is 10.4. The Morgan fingerprint density at radius 1 is 1.23 bits per heavy atom. The van der Waals surface area contributed by atoms with E-state index in [1.54, 1.807) is 11.3 Å². The molecule has 66 valence electrons. The smallest absolute Gasteiger partial charge is 0.140 e. The van der Waals surface area contributed by atoms with Crippen molar-refractivity contribution in [3.63, 3.8) is 0 Å². The van der Waals surface area contributed by atoms with Crippen molar-refractivity contribution in [3.05, 3.63) is 23.3 Å². The standard InChI is InChI=1S/C8H8N4S/c1-2-7-9-11-8(12-10-7)6-4-3-5-13-6/h3-5H,2H2,1H3. The molecule has 5 heteroatoms. The minimum absolute atomic E-state index is 0.604. The van der Waals surface area contributed by atoms with E-state index in [4.69, 9.17) is 0 Å². The summed E-state index contributed by atoms with van der Waals surface area (Å²) in [4.78, 5) is 1.00. The summed E-state index contributed by atoms with van der Waals surface area (Å²) in [5, 5.41) is 17.8. The van der Waals surface area contributed by atoms with Crippen LogP contribution in [0.2, 0.25) is 0 Å². The average Bonchev–Trinajstić information content (AvgIpc) is 2.71. The van der Waals surface area contributed by atoms with Crippen LogP contribution in [0.25, 0.3) is 10.7 Å². The lowest BCUT2D eigenvalue weighted by Crippen LogP contribution is -2.00. The highest BCUT2D eigenvalue weighted by atomic mass is 32.1. The summed E-state index contributed by atoms with van der Waals surface area (Å²) in [6, 6.07) is 3.91. The molecule has 0 saturated carbocycles. The van der Waals surface area contributed by atoms with E-state index in [-0.39, 0.29) is 0 Å². The molecule has 0 N–H and O–H groups in total. The second kappa shape index (κ2) is 3.57. The molecule has 0 atom stereocenters. The molecule has 0 aliphatic carbocycles. The van der Waals surface area contributed by atoms with Crippen LogP contribution in [0.1, 0.15) is 12.7 Å². The predicted molar refractivity (Wildman–Crippen MR) is 50.3 cm³/mol. The van der Waals surface area contributed by atoms with Crippen molar-refractivity contribution >= 4 is 11.3 Å². The third-order valence-corrected chi connectivity index (χ3v) is 2.44. The van der Waals surface area contributed by atoms with Crippen LogP contribution in [0.3, 0.4) is 0 Å². The minimum Gasteiger partial charge on any atom is -0.140 e. The van der Waals surface area contributed by atoms with Gasteiger partial charge in [-0.25, -0.2) is 0 Å². The molecule has 4 nitrogen and oxygen atoms in total. The van der Waals surface area contributed by atoms with E-state index in [0.717, 1.165) is 11.3 Å². The fourth-order valence-corrected chi connectivity index (χ4v) is 1.54. The highest BCUT2D eigenvalue weighted by molar-refractivity contribution is 7.13. The summed E-state index contributed by atoms with van der Waals surface area (Å²) in [6.45, 7) is 1.98. The monoisotopic (exact) mass is 192 g/mol. The molecular formula is C8H8N4S. The van der Waals surface area contributed by atoms with Gasteiger partial charge in [0.25, 0.3) is 0 Å². The Bertz CT molecular complexity index is 368. The number of nitrogens with zero attached hydrogens (tertiary/aromatic N) is 4. The maximum Gasteiger partial charge on any atom is 0.213 e. The Morgan fingerprint density at radius 2 is 2.00 bits per heavy atom. The van der Waals surface area contributed by atoms with E-state index in [9.17, 15) is 0 Å². The van der Waals surface area contributed by atoms with E-state index in [2.05, 4.69) is 20.4 Å². The lowest BCUT2D eigenvalue weighted by molar-refractivity contribution is 0.777. The molecule has 0 fully saturated rings. The average molecular weight is 192 g/mol. The minimum atomic E-state index is 0.604. The molecule has 13 heavy (non-hydrogen) atoms. The third kappa shape index (κ3) is 1.70. The van der Waals surface area contributed by atoms with E-state index in [1.807, 2.05) is 24.4 Å². The van der Waals surface area contributed by atoms with Gasteiger partial charge in [-0.15, -0.1) is 31.7 Å². The Hall–Kier alpha value is -1.36. The molecule has 0 radical (unpaired) electrons. The molecule has 0 saturated heterocycles. The van der Waals surface area contributed by atoms with Crippen molar-refractivity contribution in [1.29, 1.82) is 0 Å². The Labute approximate surface area is 79.7 Å². The second-order valence-corrected chi connectivity index (χ2v) is 3.42. The van der Waals surface area contributed by atoms with Crippen LogP contribution in [0.5, 0.6) is 0 Å². The van der Waals surface area contributed by atoms with Crippen molar-refractivity contribution in [2.45, 2.75) is 13.3 Å². The molecular weight excluding hydrogens is 184 g/mol. The van der Waals surface area contributed by atoms with Gasteiger partial charge in [0.2, 0.25) is 5.82 Å². The predicted octanol–water partition coefficient (Wildman–Crippen LogP) is 1.56. The zero-order chi connectivity index (χ0) is 9.10. The zero-order valence-electron chi connectivity index (χ0n) is 7.14. The van der Waals surface area contributed by atoms with Gasteiger partial charge >= 0.3 is 0 Å². The quantitative estimate of drug-likeness (QED) is 0.724. The fourth-order valence-electron chi connectivity index (χ4n) is 0.896. The van der Waals surface area contributed by atoms with Gasteiger partial charge < -0.3 is 0 Å². The first kappa shape index (κ1) is 8.25. The molecule has 2 rings (SSSR count). The molecule has 0 bridgehead atoms. The van der Waals surface area contributed by atoms with Gasteiger partial charge in [-0.05, 0) is 11.4 Å². The van der Waals surface area contributed by atoms with Gasteiger partial charge in [0, 0.05) is 6.42 Å². The number of thiophene rings is 1. The summed E-state index contributed by atoms with van der Waals surface area (Å²) in [5.41, 5.74) is 0. The molecule has 0 amide bonds. The van der Waals surface area contributed by atoms with E-state index >= 15 is 0 Å². The lowest BCUT2D eigenvalue weighted by Gasteiger charge is -1.93. The molecule has 2 heterocycles. The van der Waals surface area contributed by atoms with E-state index in [1.165, 1.54) is 0 Å². The summed E-state index contributed by atoms with van der Waals surface area (Å²) < 4.78 is 0. The van der Waals surface area contributed by atoms with Gasteiger partial charge in [0.05, 0.1) is 4.88 Å². The third-order valence-electron chi connectivity index (χ3n) is 1.58. The van der Waals surface area contributed by atoms with Crippen LogP contribution in [-0.2, 0) is 6.42 Å². The normalized spacial score (nSPS) is 10.2. The van der Waals surface area contributed by atoms with Gasteiger partial charge in [-0.3, -0.25) is 0 Å². The molecule has 0 aliphatic heterocycles. The Morgan fingerprint density at radius 3 is 2.54 bits per heavy atom. The Kier molecular flexibility index (Phi) is 2.27. The maximum absolute atomic E-state index is 3.98. The molecule has 0 unspecified atom stereocenters. The molecule has 0 aromatic carbocycles. The highest BCUT2D eigenvalue weighted by Gasteiger charge is 2.03. The molecule has 2 aromatic rings. The van der Waals surface area contributed by atoms with Crippen LogP contribution in [0.4, 0.5) is 0 Å². The van der Waals surface area contributed by atoms with Crippen LogP contribution >= 0.6 is 11.3 Å². The van der Waals surface area contributed by atoms with Crippen molar-refractivity contribution < 1.29 is 0 Å². The number of aryl methyl sites for hydroxylation is 1. The topological polar surface area (TPSA) is 51.6 Å². The first-order chi connectivity index (χ1) is 6.40. The van der Waals surface area contributed by atoms with Gasteiger partial charge in [-0.1, -0.05) is 13.0 Å². The SMILES string of the molecule is CCc1nnc(-c2cccs2)nn1. The van der Waals surface area contributed by atoms with E-state index < -0.39 is 0 Å². The Balaban J connectivity index is 2.33. The second-order valence-electron chi connectivity index (χ2n) is 2.47.